The van der Waals surface area contributed by atoms with E-state index in [1.54, 1.807) is 0 Å². The molecule has 3 nitrogen and oxygen atoms in total. The van der Waals surface area contributed by atoms with E-state index in [1.807, 2.05) is 0 Å². The zero-order valence-corrected chi connectivity index (χ0v) is 12.5. The van der Waals surface area contributed by atoms with E-state index in [4.69, 9.17) is 0 Å². The average Bonchev–Trinajstić information content (AvgIpc) is 2.67. The second-order valence-electron chi connectivity index (χ2n) is 6.36. The van der Waals surface area contributed by atoms with Gasteiger partial charge in [-0.3, -0.25) is 0 Å². The summed E-state index contributed by atoms with van der Waals surface area (Å²) in [5.74, 6) is 0. The maximum atomic E-state index is 3.52. The van der Waals surface area contributed by atoms with E-state index >= 15 is 0 Å². The number of rotatable bonds is 3. The minimum atomic E-state index is 0.721. The predicted octanol–water partition coefficient (Wildman–Crippen LogP) is 1.93. The van der Waals surface area contributed by atoms with Crippen molar-refractivity contribution in [3.63, 3.8) is 0 Å². The highest BCUT2D eigenvalue weighted by atomic mass is 15.2. The first kappa shape index (κ1) is 14.3. The molecule has 0 amide bonds. The minimum Gasteiger partial charge on any atom is -0.317 e. The van der Waals surface area contributed by atoms with Gasteiger partial charge in [-0.05, 0) is 79.2 Å². The number of hydrogen-bond acceptors (Lipinski definition) is 3. The first-order chi connectivity index (χ1) is 8.68. The van der Waals surface area contributed by atoms with Crippen LogP contribution in [0.15, 0.2) is 0 Å². The highest BCUT2D eigenvalue weighted by Crippen LogP contribution is 2.22. The lowest BCUT2D eigenvalue weighted by atomic mass is 9.98. The lowest BCUT2D eigenvalue weighted by Crippen LogP contribution is -2.48. The van der Waals surface area contributed by atoms with Crippen molar-refractivity contribution in [3.8, 4) is 0 Å². The molecule has 0 bridgehead atoms. The number of likely N-dealkylation sites (tertiary alicyclic amines) is 1. The standard InChI is InChI=1S/C15H31N3/c1-13(2)18-11-7-15(8-12-18)17(3)14-5-4-9-16-10-6-14/h13-16H,4-12H2,1-3H3. The molecule has 0 aromatic heterocycles. The maximum absolute atomic E-state index is 3.52. The fourth-order valence-electron chi connectivity index (χ4n) is 3.52. The van der Waals surface area contributed by atoms with Crippen molar-refractivity contribution in [2.24, 2.45) is 0 Å². The summed E-state index contributed by atoms with van der Waals surface area (Å²) < 4.78 is 0. The van der Waals surface area contributed by atoms with Crippen LogP contribution in [0.3, 0.4) is 0 Å². The van der Waals surface area contributed by atoms with Crippen molar-refractivity contribution in [2.75, 3.05) is 33.2 Å². The van der Waals surface area contributed by atoms with Gasteiger partial charge in [0.15, 0.2) is 0 Å². The summed E-state index contributed by atoms with van der Waals surface area (Å²) in [6.45, 7) is 9.65. The van der Waals surface area contributed by atoms with Crippen molar-refractivity contribution >= 4 is 0 Å². The Morgan fingerprint density at radius 1 is 1.00 bits per heavy atom. The van der Waals surface area contributed by atoms with Crippen LogP contribution in [0.25, 0.3) is 0 Å². The monoisotopic (exact) mass is 253 g/mol. The highest BCUT2D eigenvalue weighted by Gasteiger charge is 2.27. The summed E-state index contributed by atoms with van der Waals surface area (Å²) >= 11 is 0. The minimum absolute atomic E-state index is 0.721. The van der Waals surface area contributed by atoms with Crippen LogP contribution in [-0.4, -0.2) is 61.2 Å². The van der Waals surface area contributed by atoms with Gasteiger partial charge in [0.25, 0.3) is 0 Å². The molecule has 1 N–H and O–H groups in total. The van der Waals surface area contributed by atoms with E-state index in [2.05, 4.69) is 36.0 Å². The molecule has 0 aromatic rings. The van der Waals surface area contributed by atoms with Gasteiger partial charge in [-0.25, -0.2) is 0 Å². The number of piperidine rings is 1. The molecule has 1 unspecified atom stereocenters. The van der Waals surface area contributed by atoms with E-state index in [1.165, 1.54) is 58.3 Å². The lowest BCUT2D eigenvalue weighted by Gasteiger charge is -2.41. The fourth-order valence-corrected chi connectivity index (χ4v) is 3.52. The van der Waals surface area contributed by atoms with Crippen LogP contribution >= 0.6 is 0 Å². The van der Waals surface area contributed by atoms with Crippen LogP contribution < -0.4 is 5.32 Å². The van der Waals surface area contributed by atoms with Crippen LogP contribution in [0, 0.1) is 0 Å². The molecule has 2 rings (SSSR count). The number of nitrogens with zero attached hydrogens (tertiary/aromatic N) is 2. The molecule has 106 valence electrons. The van der Waals surface area contributed by atoms with Crippen LogP contribution in [-0.2, 0) is 0 Å². The van der Waals surface area contributed by atoms with E-state index in [-0.39, 0.29) is 0 Å². The van der Waals surface area contributed by atoms with Crippen molar-refractivity contribution < 1.29 is 0 Å². The average molecular weight is 253 g/mol. The summed E-state index contributed by atoms with van der Waals surface area (Å²) in [7, 11) is 2.37. The summed E-state index contributed by atoms with van der Waals surface area (Å²) in [6, 6.07) is 2.36. The van der Waals surface area contributed by atoms with Gasteiger partial charge in [-0.15, -0.1) is 0 Å². The van der Waals surface area contributed by atoms with Gasteiger partial charge in [0.1, 0.15) is 0 Å². The molecule has 2 fully saturated rings. The summed E-state index contributed by atoms with van der Waals surface area (Å²) in [5, 5.41) is 3.52. The third-order valence-electron chi connectivity index (χ3n) is 4.93. The Morgan fingerprint density at radius 2 is 1.67 bits per heavy atom. The Labute approximate surface area is 113 Å². The smallest absolute Gasteiger partial charge is 0.0119 e. The summed E-state index contributed by atoms with van der Waals surface area (Å²) in [4.78, 5) is 5.32. The summed E-state index contributed by atoms with van der Waals surface area (Å²) in [5.41, 5.74) is 0. The third-order valence-corrected chi connectivity index (χ3v) is 4.93. The number of hydrogen-bond donors (Lipinski definition) is 1. The molecule has 0 aromatic carbocycles. The Morgan fingerprint density at radius 3 is 2.33 bits per heavy atom. The van der Waals surface area contributed by atoms with Crippen molar-refractivity contribution in [3.05, 3.63) is 0 Å². The molecule has 0 saturated carbocycles. The Bertz CT molecular complexity index is 226. The zero-order chi connectivity index (χ0) is 13.0. The van der Waals surface area contributed by atoms with Gasteiger partial charge in [-0.2, -0.15) is 0 Å². The molecule has 3 heteroatoms. The molecular formula is C15H31N3. The van der Waals surface area contributed by atoms with Gasteiger partial charge < -0.3 is 15.1 Å². The van der Waals surface area contributed by atoms with Crippen LogP contribution in [0.5, 0.6) is 0 Å². The van der Waals surface area contributed by atoms with Crippen molar-refractivity contribution in [1.82, 2.24) is 15.1 Å². The summed E-state index contributed by atoms with van der Waals surface area (Å²) in [6.07, 6.45) is 6.78. The van der Waals surface area contributed by atoms with E-state index in [9.17, 15) is 0 Å². The molecule has 2 aliphatic heterocycles. The molecule has 1 atom stereocenters. The van der Waals surface area contributed by atoms with Gasteiger partial charge >= 0.3 is 0 Å². The van der Waals surface area contributed by atoms with Gasteiger partial charge in [0.05, 0.1) is 0 Å². The zero-order valence-electron chi connectivity index (χ0n) is 12.5. The second-order valence-corrected chi connectivity index (χ2v) is 6.36. The Kier molecular flexibility index (Phi) is 5.46. The van der Waals surface area contributed by atoms with E-state index < -0.39 is 0 Å². The molecule has 0 spiro atoms. The van der Waals surface area contributed by atoms with Gasteiger partial charge in [-0.1, -0.05) is 0 Å². The normalized spacial score (nSPS) is 28.8. The largest absolute Gasteiger partial charge is 0.317 e. The highest BCUT2D eigenvalue weighted by molar-refractivity contribution is 4.84. The van der Waals surface area contributed by atoms with Crippen LogP contribution in [0.4, 0.5) is 0 Å². The molecule has 2 heterocycles. The molecule has 2 saturated heterocycles. The van der Waals surface area contributed by atoms with Gasteiger partial charge in [0, 0.05) is 18.1 Å². The van der Waals surface area contributed by atoms with Crippen LogP contribution in [0.1, 0.15) is 46.0 Å². The topological polar surface area (TPSA) is 18.5 Å². The molecular weight excluding hydrogens is 222 g/mol. The Hall–Kier alpha value is -0.120. The Balaban J connectivity index is 1.80. The quantitative estimate of drug-likeness (QED) is 0.829. The van der Waals surface area contributed by atoms with Crippen molar-refractivity contribution in [2.45, 2.75) is 64.1 Å². The van der Waals surface area contributed by atoms with Crippen LogP contribution in [0.2, 0.25) is 0 Å². The molecule has 0 radical (unpaired) electrons. The van der Waals surface area contributed by atoms with Crippen molar-refractivity contribution in [1.29, 1.82) is 0 Å². The predicted molar refractivity (Wildman–Crippen MR) is 78.0 cm³/mol. The second kappa shape index (κ2) is 6.88. The maximum Gasteiger partial charge on any atom is 0.0119 e. The fraction of sp³-hybridized carbons (Fsp3) is 1.00. The first-order valence-electron chi connectivity index (χ1n) is 7.85. The lowest BCUT2D eigenvalue weighted by molar-refractivity contribution is 0.0781. The van der Waals surface area contributed by atoms with Gasteiger partial charge in [0.2, 0.25) is 0 Å². The van der Waals surface area contributed by atoms with E-state index in [0.29, 0.717) is 0 Å². The molecule has 0 aliphatic carbocycles. The molecule has 2 aliphatic rings. The number of nitrogens with one attached hydrogen (secondary N) is 1. The third kappa shape index (κ3) is 3.69. The SMILES string of the molecule is CC(C)N1CCC(N(C)C2CCCNCC2)CC1. The van der Waals surface area contributed by atoms with E-state index in [0.717, 1.165) is 18.1 Å². The first-order valence-corrected chi connectivity index (χ1v) is 7.85. The molecule has 18 heavy (non-hydrogen) atoms.